The number of amides is 1. The van der Waals surface area contributed by atoms with Gasteiger partial charge in [0.2, 0.25) is 5.91 Å². The average molecular weight is 279 g/mol. The Bertz CT molecular complexity index is 510. The van der Waals surface area contributed by atoms with Gasteiger partial charge in [0.15, 0.2) is 5.78 Å². The van der Waals surface area contributed by atoms with Crippen LogP contribution in [0.5, 0.6) is 0 Å². The van der Waals surface area contributed by atoms with Crippen LogP contribution in [-0.2, 0) is 9.59 Å². The normalized spacial score (nSPS) is 10.2. The first-order chi connectivity index (χ1) is 9.49. The summed E-state index contributed by atoms with van der Waals surface area (Å²) in [5.41, 5.74) is -0.115. The highest BCUT2D eigenvalue weighted by Crippen LogP contribution is 2.10. The van der Waals surface area contributed by atoms with Crippen molar-refractivity contribution in [3.05, 3.63) is 35.6 Å². The first kappa shape index (κ1) is 16.0. The molecule has 0 heterocycles. The minimum atomic E-state index is -0.652. The molecule has 0 unspecified atom stereocenters. The molecule has 5 heteroatoms. The van der Waals surface area contributed by atoms with Crippen LogP contribution < -0.4 is 0 Å². The first-order valence-electron chi connectivity index (χ1n) is 6.56. The third kappa shape index (κ3) is 4.26. The highest BCUT2D eigenvalue weighted by molar-refractivity contribution is 6.12. The summed E-state index contributed by atoms with van der Waals surface area (Å²) in [5.74, 6) is -2.04. The number of carbonyl (C=O) groups excluding carboxylic acids is 3. The summed E-state index contributed by atoms with van der Waals surface area (Å²) in [5, 5.41) is 0. The molecule has 0 bridgehead atoms. The van der Waals surface area contributed by atoms with E-state index in [1.54, 1.807) is 0 Å². The van der Waals surface area contributed by atoms with Crippen molar-refractivity contribution in [2.24, 2.45) is 0 Å². The molecule has 0 N–H and O–H groups in total. The molecule has 1 amide bonds. The standard InChI is InChI=1S/C15H18FNO3/c1-3-17(4-2)15(20)10-11(18)9-14(19)12-7-5-6-8-13(12)16/h5-8H,3-4,9-10H2,1-2H3. The van der Waals surface area contributed by atoms with Crippen molar-refractivity contribution in [1.29, 1.82) is 0 Å². The first-order valence-corrected chi connectivity index (χ1v) is 6.56. The third-order valence-electron chi connectivity index (χ3n) is 3.00. The summed E-state index contributed by atoms with van der Waals surface area (Å²) in [6.07, 6.45) is -0.768. The zero-order chi connectivity index (χ0) is 15.1. The topological polar surface area (TPSA) is 54.5 Å². The molecule has 20 heavy (non-hydrogen) atoms. The maximum absolute atomic E-state index is 13.4. The Hall–Kier alpha value is -2.04. The molecule has 0 radical (unpaired) electrons. The molecule has 4 nitrogen and oxygen atoms in total. The summed E-state index contributed by atoms with van der Waals surface area (Å²) in [4.78, 5) is 36.7. The van der Waals surface area contributed by atoms with E-state index in [2.05, 4.69) is 0 Å². The smallest absolute Gasteiger partial charge is 0.230 e. The van der Waals surface area contributed by atoms with Gasteiger partial charge in [0, 0.05) is 13.1 Å². The van der Waals surface area contributed by atoms with Gasteiger partial charge in [-0.2, -0.15) is 0 Å². The summed E-state index contributed by atoms with van der Waals surface area (Å²) in [6.45, 7) is 4.67. The fourth-order valence-electron chi connectivity index (χ4n) is 1.88. The molecule has 0 aliphatic heterocycles. The van der Waals surface area contributed by atoms with Crippen molar-refractivity contribution in [3.8, 4) is 0 Å². The number of benzene rings is 1. The van der Waals surface area contributed by atoms with Gasteiger partial charge in [0.1, 0.15) is 11.6 Å². The summed E-state index contributed by atoms with van der Waals surface area (Å²) < 4.78 is 13.4. The largest absolute Gasteiger partial charge is 0.343 e. The Balaban J connectivity index is 2.61. The van der Waals surface area contributed by atoms with E-state index < -0.39 is 23.8 Å². The maximum Gasteiger partial charge on any atom is 0.230 e. The fourth-order valence-corrected chi connectivity index (χ4v) is 1.88. The number of rotatable bonds is 7. The molecule has 1 aromatic rings. The highest BCUT2D eigenvalue weighted by Gasteiger charge is 2.19. The third-order valence-corrected chi connectivity index (χ3v) is 3.00. The lowest BCUT2D eigenvalue weighted by Gasteiger charge is -2.17. The molecule has 0 aliphatic carbocycles. The van der Waals surface area contributed by atoms with E-state index in [1.165, 1.54) is 29.2 Å². The number of carbonyl (C=O) groups is 3. The van der Waals surface area contributed by atoms with Crippen LogP contribution in [0.3, 0.4) is 0 Å². The van der Waals surface area contributed by atoms with E-state index in [-0.39, 0.29) is 17.9 Å². The number of Topliss-reactive ketones (excluding diaryl/α,β-unsaturated/α-hetero) is 2. The van der Waals surface area contributed by atoms with Crippen molar-refractivity contribution < 1.29 is 18.8 Å². The minimum absolute atomic E-state index is 0.115. The number of halogens is 1. The molecule has 0 aliphatic rings. The van der Waals surface area contributed by atoms with Gasteiger partial charge in [0.25, 0.3) is 0 Å². The Kier molecular flexibility index (Phi) is 6.03. The van der Waals surface area contributed by atoms with Gasteiger partial charge < -0.3 is 4.90 Å². The van der Waals surface area contributed by atoms with Gasteiger partial charge in [-0.25, -0.2) is 4.39 Å². The lowest BCUT2D eigenvalue weighted by molar-refractivity contribution is -0.134. The van der Waals surface area contributed by atoms with Crippen LogP contribution in [0.15, 0.2) is 24.3 Å². The second-order valence-electron chi connectivity index (χ2n) is 4.36. The van der Waals surface area contributed by atoms with Gasteiger partial charge in [-0.1, -0.05) is 12.1 Å². The molecule has 0 aromatic heterocycles. The predicted molar refractivity (Wildman–Crippen MR) is 72.9 cm³/mol. The van der Waals surface area contributed by atoms with Crippen LogP contribution in [0, 0.1) is 5.82 Å². The number of hydrogen-bond donors (Lipinski definition) is 0. The van der Waals surface area contributed by atoms with Crippen LogP contribution in [0.25, 0.3) is 0 Å². The predicted octanol–water partition coefficient (Wildman–Crippen LogP) is 2.23. The van der Waals surface area contributed by atoms with E-state index in [9.17, 15) is 18.8 Å². The van der Waals surface area contributed by atoms with Crippen LogP contribution in [0.2, 0.25) is 0 Å². The summed E-state index contributed by atoms with van der Waals surface area (Å²) in [7, 11) is 0. The van der Waals surface area contributed by atoms with E-state index >= 15 is 0 Å². The SMILES string of the molecule is CCN(CC)C(=O)CC(=O)CC(=O)c1ccccc1F. The van der Waals surface area contributed by atoms with Crippen molar-refractivity contribution in [2.75, 3.05) is 13.1 Å². The second kappa shape index (κ2) is 7.53. The minimum Gasteiger partial charge on any atom is -0.343 e. The molecule has 0 saturated heterocycles. The number of hydrogen-bond acceptors (Lipinski definition) is 3. The lowest BCUT2D eigenvalue weighted by atomic mass is 10.0. The van der Waals surface area contributed by atoms with Gasteiger partial charge in [-0.3, -0.25) is 14.4 Å². The van der Waals surface area contributed by atoms with E-state index in [4.69, 9.17) is 0 Å². The highest BCUT2D eigenvalue weighted by atomic mass is 19.1. The summed E-state index contributed by atoms with van der Waals surface area (Å²) >= 11 is 0. The van der Waals surface area contributed by atoms with Crippen molar-refractivity contribution >= 4 is 17.5 Å². The molecule has 108 valence electrons. The van der Waals surface area contributed by atoms with Crippen LogP contribution in [-0.4, -0.2) is 35.5 Å². The zero-order valence-corrected chi connectivity index (χ0v) is 11.7. The Morgan fingerprint density at radius 2 is 1.65 bits per heavy atom. The van der Waals surface area contributed by atoms with Gasteiger partial charge in [-0.15, -0.1) is 0 Å². The molecule has 1 aromatic carbocycles. The molecule has 0 saturated carbocycles. The zero-order valence-electron chi connectivity index (χ0n) is 11.7. The van der Waals surface area contributed by atoms with Crippen LogP contribution in [0.4, 0.5) is 4.39 Å². The quantitative estimate of drug-likeness (QED) is 0.568. The van der Waals surface area contributed by atoms with Crippen molar-refractivity contribution in [1.82, 2.24) is 4.90 Å². The van der Waals surface area contributed by atoms with E-state index in [1.807, 2.05) is 13.8 Å². The Morgan fingerprint density at radius 3 is 2.20 bits per heavy atom. The Morgan fingerprint density at radius 1 is 1.05 bits per heavy atom. The molecule has 0 spiro atoms. The lowest BCUT2D eigenvalue weighted by Crippen LogP contribution is -2.32. The van der Waals surface area contributed by atoms with Crippen molar-refractivity contribution in [3.63, 3.8) is 0 Å². The van der Waals surface area contributed by atoms with Crippen molar-refractivity contribution in [2.45, 2.75) is 26.7 Å². The van der Waals surface area contributed by atoms with E-state index in [0.29, 0.717) is 13.1 Å². The molecular weight excluding hydrogens is 261 g/mol. The monoisotopic (exact) mass is 279 g/mol. The molecule has 0 atom stereocenters. The Labute approximate surface area is 117 Å². The summed E-state index contributed by atoms with van der Waals surface area (Å²) in [6, 6.07) is 5.50. The van der Waals surface area contributed by atoms with Crippen LogP contribution >= 0.6 is 0 Å². The molecule has 0 fully saturated rings. The number of nitrogens with zero attached hydrogens (tertiary/aromatic N) is 1. The van der Waals surface area contributed by atoms with Gasteiger partial charge >= 0.3 is 0 Å². The number of ketones is 2. The van der Waals surface area contributed by atoms with Crippen LogP contribution in [0.1, 0.15) is 37.0 Å². The van der Waals surface area contributed by atoms with Gasteiger partial charge in [0.05, 0.1) is 18.4 Å². The molecular formula is C15H18FNO3. The molecule has 1 rings (SSSR count). The maximum atomic E-state index is 13.4. The van der Waals surface area contributed by atoms with Gasteiger partial charge in [-0.05, 0) is 26.0 Å². The second-order valence-corrected chi connectivity index (χ2v) is 4.36. The average Bonchev–Trinajstić information content (AvgIpc) is 2.40. The fraction of sp³-hybridized carbons (Fsp3) is 0.400. The van der Waals surface area contributed by atoms with E-state index in [0.717, 1.165) is 0 Å².